The van der Waals surface area contributed by atoms with Crippen LogP contribution in [0.5, 0.6) is 0 Å². The summed E-state index contributed by atoms with van der Waals surface area (Å²) in [6.45, 7) is 4.38. The second kappa shape index (κ2) is 6.34. The molecule has 0 N–H and O–H groups in total. The fraction of sp³-hybridized carbons (Fsp3) is 0.750. The number of rotatable bonds is 4. The molecule has 0 spiro atoms. The normalized spacial score (nSPS) is 12.1. The van der Waals surface area contributed by atoms with Gasteiger partial charge >= 0.3 is 0 Å². The van der Waals surface area contributed by atoms with Gasteiger partial charge in [0, 0.05) is 5.33 Å². The molecule has 0 rings (SSSR count). The molecule has 0 aromatic carbocycles. The Morgan fingerprint density at radius 2 is 2.22 bits per heavy atom. The van der Waals surface area contributed by atoms with Gasteiger partial charge in [-0.15, -0.1) is 0 Å². The van der Waals surface area contributed by atoms with Gasteiger partial charge in [-0.05, 0) is 13.3 Å². The third-order valence-corrected chi connectivity index (χ3v) is 2.15. The maximum absolute atomic E-state index is 3.40. The van der Waals surface area contributed by atoms with Crippen molar-refractivity contribution in [1.29, 1.82) is 0 Å². The maximum Gasteiger partial charge on any atom is 0.0239 e. The standard InChI is InChI=1S/C8H15Br/c1-3-4-5-6-8(2)7-9/h6H,3-5,7H2,1-2H3/b8-6-. The van der Waals surface area contributed by atoms with E-state index in [1.165, 1.54) is 24.8 Å². The van der Waals surface area contributed by atoms with E-state index in [1.54, 1.807) is 0 Å². The minimum Gasteiger partial charge on any atom is -0.0880 e. The van der Waals surface area contributed by atoms with Crippen molar-refractivity contribution < 1.29 is 0 Å². The molecule has 0 heterocycles. The first kappa shape index (κ1) is 9.22. The van der Waals surface area contributed by atoms with Crippen molar-refractivity contribution in [2.75, 3.05) is 5.33 Å². The highest BCUT2D eigenvalue weighted by Gasteiger charge is 1.83. The van der Waals surface area contributed by atoms with Gasteiger partial charge in [-0.3, -0.25) is 0 Å². The second-order valence-corrected chi connectivity index (χ2v) is 2.89. The summed E-state index contributed by atoms with van der Waals surface area (Å²) < 4.78 is 0. The summed E-state index contributed by atoms with van der Waals surface area (Å²) in [5.41, 5.74) is 1.45. The average molecular weight is 191 g/mol. The summed E-state index contributed by atoms with van der Waals surface area (Å²) in [6.07, 6.45) is 6.17. The number of hydrogen-bond acceptors (Lipinski definition) is 0. The van der Waals surface area contributed by atoms with Crippen molar-refractivity contribution in [3.05, 3.63) is 11.6 Å². The Labute approximate surface area is 66.5 Å². The van der Waals surface area contributed by atoms with Gasteiger partial charge in [-0.25, -0.2) is 0 Å². The highest BCUT2D eigenvalue weighted by Crippen LogP contribution is 2.02. The molecule has 0 aliphatic carbocycles. The summed E-state index contributed by atoms with van der Waals surface area (Å²) in [7, 11) is 0. The van der Waals surface area contributed by atoms with Crippen LogP contribution in [0.3, 0.4) is 0 Å². The lowest BCUT2D eigenvalue weighted by Crippen LogP contribution is -1.75. The molecule has 0 aliphatic rings. The zero-order valence-electron chi connectivity index (χ0n) is 6.28. The van der Waals surface area contributed by atoms with Crippen LogP contribution >= 0.6 is 15.9 Å². The van der Waals surface area contributed by atoms with Crippen molar-refractivity contribution in [3.63, 3.8) is 0 Å². The summed E-state index contributed by atoms with van der Waals surface area (Å²) in [5.74, 6) is 0. The van der Waals surface area contributed by atoms with E-state index in [4.69, 9.17) is 0 Å². The lowest BCUT2D eigenvalue weighted by Gasteiger charge is -1.92. The molecule has 0 aromatic rings. The van der Waals surface area contributed by atoms with Gasteiger partial charge in [0.2, 0.25) is 0 Å². The van der Waals surface area contributed by atoms with E-state index in [0.717, 1.165) is 5.33 Å². The van der Waals surface area contributed by atoms with E-state index in [2.05, 4.69) is 35.9 Å². The van der Waals surface area contributed by atoms with Gasteiger partial charge in [-0.2, -0.15) is 0 Å². The quantitative estimate of drug-likeness (QED) is 0.362. The summed E-state index contributed by atoms with van der Waals surface area (Å²) in [5, 5.41) is 1.02. The number of allylic oxidation sites excluding steroid dienone is 2. The number of unbranched alkanes of at least 4 members (excludes halogenated alkanes) is 2. The van der Waals surface area contributed by atoms with Crippen LogP contribution in [0, 0.1) is 0 Å². The number of hydrogen-bond donors (Lipinski definition) is 0. The van der Waals surface area contributed by atoms with E-state index in [9.17, 15) is 0 Å². The minimum atomic E-state index is 1.02. The van der Waals surface area contributed by atoms with E-state index in [1.807, 2.05) is 0 Å². The molecule has 0 radical (unpaired) electrons. The van der Waals surface area contributed by atoms with E-state index < -0.39 is 0 Å². The predicted molar refractivity (Wildman–Crippen MR) is 47.1 cm³/mol. The average Bonchev–Trinajstić information content (AvgIpc) is 1.89. The van der Waals surface area contributed by atoms with Gasteiger partial charge < -0.3 is 0 Å². The van der Waals surface area contributed by atoms with Crippen LogP contribution in [0.2, 0.25) is 0 Å². The minimum absolute atomic E-state index is 1.02. The van der Waals surface area contributed by atoms with E-state index >= 15 is 0 Å². The summed E-state index contributed by atoms with van der Waals surface area (Å²) >= 11 is 3.40. The largest absolute Gasteiger partial charge is 0.0880 e. The highest BCUT2D eigenvalue weighted by molar-refractivity contribution is 9.09. The lowest BCUT2D eigenvalue weighted by molar-refractivity contribution is 0.811. The third kappa shape index (κ3) is 6.10. The van der Waals surface area contributed by atoms with Crippen molar-refractivity contribution in [1.82, 2.24) is 0 Å². The van der Waals surface area contributed by atoms with Crippen LogP contribution in [0.25, 0.3) is 0 Å². The molecule has 0 saturated carbocycles. The lowest BCUT2D eigenvalue weighted by atomic mass is 10.2. The Morgan fingerprint density at radius 3 is 2.67 bits per heavy atom. The van der Waals surface area contributed by atoms with E-state index in [0.29, 0.717) is 0 Å². The molecule has 0 nitrogen and oxygen atoms in total. The SMILES string of the molecule is CCCC/C=C(/C)CBr. The Morgan fingerprint density at radius 1 is 1.56 bits per heavy atom. The first-order valence-electron chi connectivity index (χ1n) is 3.52. The Kier molecular flexibility index (Phi) is 6.50. The molecule has 0 saturated heterocycles. The third-order valence-electron chi connectivity index (χ3n) is 1.26. The number of alkyl halides is 1. The van der Waals surface area contributed by atoms with Gasteiger partial charge in [0.1, 0.15) is 0 Å². The fourth-order valence-corrected chi connectivity index (χ4v) is 0.836. The first-order valence-corrected chi connectivity index (χ1v) is 4.65. The van der Waals surface area contributed by atoms with Crippen molar-refractivity contribution in [2.45, 2.75) is 33.1 Å². The van der Waals surface area contributed by atoms with E-state index in [-0.39, 0.29) is 0 Å². The monoisotopic (exact) mass is 190 g/mol. The smallest absolute Gasteiger partial charge is 0.0239 e. The molecule has 0 aromatic heterocycles. The van der Waals surface area contributed by atoms with Crippen LogP contribution in [-0.2, 0) is 0 Å². The van der Waals surface area contributed by atoms with Crippen LogP contribution in [0.15, 0.2) is 11.6 Å². The fourth-order valence-electron chi connectivity index (χ4n) is 0.607. The molecule has 0 aliphatic heterocycles. The van der Waals surface area contributed by atoms with Crippen molar-refractivity contribution in [3.8, 4) is 0 Å². The molecule has 0 amide bonds. The molecule has 0 bridgehead atoms. The molecule has 54 valence electrons. The van der Waals surface area contributed by atoms with Crippen LogP contribution in [0.1, 0.15) is 33.1 Å². The Hall–Kier alpha value is 0.220. The van der Waals surface area contributed by atoms with Crippen LogP contribution in [0.4, 0.5) is 0 Å². The van der Waals surface area contributed by atoms with Gasteiger partial charge in [0.15, 0.2) is 0 Å². The summed E-state index contributed by atoms with van der Waals surface area (Å²) in [6, 6.07) is 0. The first-order chi connectivity index (χ1) is 4.31. The molecular formula is C8H15Br. The molecule has 0 fully saturated rings. The van der Waals surface area contributed by atoms with Crippen LogP contribution < -0.4 is 0 Å². The molecular weight excluding hydrogens is 176 g/mol. The molecule has 1 heteroatoms. The topological polar surface area (TPSA) is 0 Å². The molecule has 0 unspecified atom stereocenters. The Balaban J connectivity index is 3.21. The maximum atomic E-state index is 3.40. The van der Waals surface area contributed by atoms with Crippen molar-refractivity contribution >= 4 is 15.9 Å². The zero-order chi connectivity index (χ0) is 7.11. The van der Waals surface area contributed by atoms with Crippen molar-refractivity contribution in [2.24, 2.45) is 0 Å². The van der Waals surface area contributed by atoms with Crippen LogP contribution in [-0.4, -0.2) is 5.33 Å². The van der Waals surface area contributed by atoms with Gasteiger partial charge in [0.25, 0.3) is 0 Å². The van der Waals surface area contributed by atoms with Gasteiger partial charge in [0.05, 0.1) is 0 Å². The Bertz CT molecular complexity index is 84.6. The second-order valence-electron chi connectivity index (χ2n) is 2.33. The molecule has 0 atom stereocenters. The number of halogens is 1. The van der Waals surface area contributed by atoms with Gasteiger partial charge in [-0.1, -0.05) is 47.3 Å². The zero-order valence-corrected chi connectivity index (χ0v) is 7.87. The predicted octanol–water partition coefficient (Wildman–Crippen LogP) is 3.52. The summed E-state index contributed by atoms with van der Waals surface area (Å²) in [4.78, 5) is 0. The highest BCUT2D eigenvalue weighted by atomic mass is 79.9. The molecule has 9 heavy (non-hydrogen) atoms.